The van der Waals surface area contributed by atoms with E-state index in [1.807, 2.05) is 0 Å². The first-order valence-corrected chi connectivity index (χ1v) is 9.89. The van der Waals surface area contributed by atoms with Crippen molar-refractivity contribution in [3.05, 3.63) is 35.9 Å². The van der Waals surface area contributed by atoms with Crippen molar-refractivity contribution in [3.63, 3.8) is 0 Å². The second-order valence-electron chi connectivity index (χ2n) is 7.63. The normalized spacial score (nSPS) is 20.0. The summed E-state index contributed by atoms with van der Waals surface area (Å²) in [6.45, 7) is 7.59. The van der Waals surface area contributed by atoms with Gasteiger partial charge in [0.15, 0.2) is 0 Å². The first-order chi connectivity index (χ1) is 11.4. The smallest absolute Gasteiger partial charge is 0.0234 e. The molecule has 0 N–H and O–H groups in total. The van der Waals surface area contributed by atoms with Gasteiger partial charge in [-0.05, 0) is 50.3 Å². The molecule has 0 atom stereocenters. The molecule has 1 saturated heterocycles. The Morgan fingerprint density at radius 1 is 0.875 bits per heavy atom. The number of hydrogen-bond acceptors (Lipinski definition) is 2. The number of rotatable bonds is 7. The number of nitrogens with zero attached hydrogens (tertiary/aromatic N) is 2. The second-order valence-corrected chi connectivity index (χ2v) is 7.63. The van der Waals surface area contributed by atoms with Gasteiger partial charge in [-0.25, -0.2) is 0 Å². The zero-order chi connectivity index (χ0) is 15.7. The quantitative estimate of drug-likeness (QED) is 0.684. The van der Waals surface area contributed by atoms with E-state index in [0.29, 0.717) is 0 Å². The summed E-state index contributed by atoms with van der Waals surface area (Å²) in [5.74, 6) is 0.939. The fraction of sp³-hybridized carbons (Fsp3) is 0.714. The third kappa shape index (κ3) is 6.74. The average Bonchev–Trinajstić information content (AvgIpc) is 2.62. The van der Waals surface area contributed by atoms with Gasteiger partial charge in [0.05, 0.1) is 0 Å². The van der Waals surface area contributed by atoms with Crippen LogP contribution in [0, 0.1) is 5.92 Å². The molecule has 2 nitrogen and oxygen atoms in total. The number of halogens is 1. The fourth-order valence-electron chi connectivity index (χ4n) is 4.28. The van der Waals surface area contributed by atoms with Crippen LogP contribution in [0.2, 0.25) is 0 Å². The summed E-state index contributed by atoms with van der Waals surface area (Å²) in [7, 11) is 0. The molecule has 136 valence electrons. The molecule has 0 unspecified atom stereocenters. The van der Waals surface area contributed by atoms with E-state index in [2.05, 4.69) is 40.1 Å². The van der Waals surface area contributed by atoms with E-state index in [-0.39, 0.29) is 12.4 Å². The summed E-state index contributed by atoms with van der Waals surface area (Å²) in [6, 6.07) is 11.1. The van der Waals surface area contributed by atoms with Crippen LogP contribution in [0.5, 0.6) is 0 Å². The Balaban J connectivity index is 0.00000208. The van der Waals surface area contributed by atoms with Gasteiger partial charge in [0.1, 0.15) is 0 Å². The van der Waals surface area contributed by atoms with E-state index in [0.717, 1.165) is 12.5 Å². The van der Waals surface area contributed by atoms with Gasteiger partial charge >= 0.3 is 0 Å². The fourth-order valence-corrected chi connectivity index (χ4v) is 4.28. The molecule has 0 spiro atoms. The van der Waals surface area contributed by atoms with Crippen LogP contribution in [-0.4, -0.2) is 42.5 Å². The highest BCUT2D eigenvalue weighted by atomic mass is 35.5. The maximum absolute atomic E-state index is 2.74. The second kappa shape index (κ2) is 11.1. The lowest BCUT2D eigenvalue weighted by Crippen LogP contribution is -2.39. The monoisotopic (exact) mass is 350 g/mol. The van der Waals surface area contributed by atoms with Crippen molar-refractivity contribution in [1.82, 2.24) is 9.80 Å². The lowest BCUT2D eigenvalue weighted by Gasteiger charge is -2.33. The molecule has 3 heteroatoms. The Kier molecular flexibility index (Phi) is 9.15. The highest BCUT2D eigenvalue weighted by Gasteiger charge is 2.18. The van der Waals surface area contributed by atoms with Gasteiger partial charge in [0, 0.05) is 26.2 Å². The van der Waals surface area contributed by atoms with E-state index in [4.69, 9.17) is 0 Å². The first-order valence-electron chi connectivity index (χ1n) is 9.89. The predicted molar refractivity (Wildman–Crippen MR) is 106 cm³/mol. The Morgan fingerprint density at radius 3 is 2.25 bits per heavy atom. The van der Waals surface area contributed by atoms with E-state index in [9.17, 15) is 0 Å². The summed E-state index contributed by atoms with van der Waals surface area (Å²) in [4.78, 5) is 5.42. The molecule has 1 aromatic carbocycles. The molecule has 1 saturated carbocycles. The van der Waals surface area contributed by atoms with Crippen LogP contribution in [0.1, 0.15) is 56.9 Å². The SMILES string of the molecule is Cl.c1ccc(CN(CCN2CCCCC2)CC2CCCCC2)cc1. The maximum Gasteiger partial charge on any atom is 0.0234 e. The molecule has 0 radical (unpaired) electrons. The molecule has 0 bridgehead atoms. The van der Waals surface area contributed by atoms with Crippen LogP contribution < -0.4 is 0 Å². The number of hydrogen-bond donors (Lipinski definition) is 0. The standard InChI is InChI=1S/C21H34N2.ClH/c1-4-10-20(11-5-1)18-23(19-21-12-6-2-7-13-21)17-16-22-14-8-3-9-15-22;/h1,4-5,10-11,21H,2-3,6-9,12-19H2;1H. The first kappa shape index (κ1) is 19.8. The van der Waals surface area contributed by atoms with E-state index >= 15 is 0 Å². The average molecular weight is 351 g/mol. The van der Waals surface area contributed by atoms with Crippen LogP contribution in [0.4, 0.5) is 0 Å². The van der Waals surface area contributed by atoms with Gasteiger partial charge in [-0.3, -0.25) is 4.90 Å². The largest absolute Gasteiger partial charge is 0.302 e. The zero-order valence-corrected chi connectivity index (χ0v) is 16.0. The van der Waals surface area contributed by atoms with Crippen LogP contribution in [0.25, 0.3) is 0 Å². The molecule has 0 aromatic heterocycles. The van der Waals surface area contributed by atoms with Crippen molar-refractivity contribution in [3.8, 4) is 0 Å². The van der Waals surface area contributed by atoms with E-state index in [1.54, 1.807) is 0 Å². The third-order valence-electron chi connectivity index (χ3n) is 5.67. The van der Waals surface area contributed by atoms with Crippen LogP contribution in [0.3, 0.4) is 0 Å². The number of likely N-dealkylation sites (tertiary alicyclic amines) is 1. The topological polar surface area (TPSA) is 6.48 Å². The highest BCUT2D eigenvalue weighted by molar-refractivity contribution is 5.85. The molecule has 3 rings (SSSR count). The van der Waals surface area contributed by atoms with E-state index in [1.165, 1.54) is 89.7 Å². The minimum absolute atomic E-state index is 0. The Morgan fingerprint density at radius 2 is 1.54 bits per heavy atom. The van der Waals surface area contributed by atoms with Crippen LogP contribution in [-0.2, 0) is 6.54 Å². The molecule has 2 fully saturated rings. The lowest BCUT2D eigenvalue weighted by atomic mass is 9.89. The molecule has 1 aromatic rings. The van der Waals surface area contributed by atoms with Gasteiger partial charge < -0.3 is 4.90 Å². The Hall–Kier alpha value is -0.570. The molecular weight excluding hydrogens is 316 g/mol. The van der Waals surface area contributed by atoms with Gasteiger partial charge in [-0.1, -0.05) is 56.0 Å². The maximum atomic E-state index is 2.74. The minimum atomic E-state index is 0. The molecule has 1 heterocycles. The highest BCUT2D eigenvalue weighted by Crippen LogP contribution is 2.25. The van der Waals surface area contributed by atoms with Crippen molar-refractivity contribution < 1.29 is 0 Å². The van der Waals surface area contributed by atoms with Gasteiger partial charge in [0.25, 0.3) is 0 Å². The van der Waals surface area contributed by atoms with Gasteiger partial charge in [0.2, 0.25) is 0 Å². The Labute approximate surface area is 155 Å². The zero-order valence-electron chi connectivity index (χ0n) is 15.2. The molecule has 1 aliphatic carbocycles. The van der Waals surface area contributed by atoms with Gasteiger partial charge in [-0.15, -0.1) is 12.4 Å². The predicted octanol–water partition coefficient (Wildman–Crippen LogP) is 4.98. The van der Waals surface area contributed by atoms with Crippen molar-refractivity contribution in [2.24, 2.45) is 5.92 Å². The molecule has 1 aliphatic heterocycles. The summed E-state index contributed by atoms with van der Waals surface area (Å²) in [5.41, 5.74) is 1.47. The molecule has 24 heavy (non-hydrogen) atoms. The van der Waals surface area contributed by atoms with Crippen molar-refractivity contribution in [2.75, 3.05) is 32.7 Å². The van der Waals surface area contributed by atoms with Crippen LogP contribution in [0.15, 0.2) is 30.3 Å². The van der Waals surface area contributed by atoms with Crippen molar-refractivity contribution in [1.29, 1.82) is 0 Å². The summed E-state index contributed by atoms with van der Waals surface area (Å²) in [5, 5.41) is 0. The number of benzene rings is 1. The summed E-state index contributed by atoms with van der Waals surface area (Å²) < 4.78 is 0. The molecule has 0 amide bonds. The van der Waals surface area contributed by atoms with Crippen molar-refractivity contribution in [2.45, 2.75) is 57.9 Å². The minimum Gasteiger partial charge on any atom is -0.302 e. The summed E-state index contributed by atoms with van der Waals surface area (Å²) >= 11 is 0. The van der Waals surface area contributed by atoms with Crippen molar-refractivity contribution >= 4 is 12.4 Å². The van der Waals surface area contributed by atoms with Crippen LogP contribution >= 0.6 is 12.4 Å². The molecule has 2 aliphatic rings. The lowest BCUT2D eigenvalue weighted by molar-refractivity contribution is 0.151. The third-order valence-corrected chi connectivity index (χ3v) is 5.67. The Bertz CT molecular complexity index is 425. The summed E-state index contributed by atoms with van der Waals surface area (Å²) in [6.07, 6.45) is 11.5. The molecular formula is C21H35ClN2. The van der Waals surface area contributed by atoms with E-state index < -0.39 is 0 Å². The van der Waals surface area contributed by atoms with Gasteiger partial charge in [-0.2, -0.15) is 0 Å². The number of piperidine rings is 1.